The number of nitrogens with one attached hydrogen (secondary N) is 1. The summed E-state index contributed by atoms with van der Waals surface area (Å²) >= 11 is 0. The van der Waals surface area contributed by atoms with Crippen molar-refractivity contribution in [2.24, 2.45) is 0 Å². The molecule has 2 rings (SSSR count). The number of anilines is 1. The summed E-state index contributed by atoms with van der Waals surface area (Å²) in [6.07, 6.45) is 3.44. The van der Waals surface area contributed by atoms with E-state index in [0.29, 0.717) is 12.3 Å². The maximum atomic E-state index is 11.9. The summed E-state index contributed by atoms with van der Waals surface area (Å²) in [5, 5.41) is 2.85. The first-order valence-electron chi connectivity index (χ1n) is 6.84. The summed E-state index contributed by atoms with van der Waals surface area (Å²) in [5.74, 6) is 0.438. The van der Waals surface area contributed by atoms with Crippen molar-refractivity contribution >= 4 is 11.6 Å². The van der Waals surface area contributed by atoms with Crippen molar-refractivity contribution in [2.75, 3.05) is 12.3 Å². The van der Waals surface area contributed by atoms with E-state index in [2.05, 4.69) is 10.3 Å². The molecule has 0 saturated carbocycles. The first-order valence-corrected chi connectivity index (χ1v) is 6.84. The number of nitrogens with two attached hydrogens (primary N) is 1. The van der Waals surface area contributed by atoms with E-state index in [4.69, 9.17) is 10.5 Å². The zero-order valence-electron chi connectivity index (χ0n) is 12.0. The van der Waals surface area contributed by atoms with Gasteiger partial charge in [-0.1, -0.05) is 12.1 Å². The van der Waals surface area contributed by atoms with Crippen LogP contribution in [-0.4, -0.2) is 23.5 Å². The van der Waals surface area contributed by atoms with E-state index in [1.54, 1.807) is 31.5 Å². The fourth-order valence-corrected chi connectivity index (χ4v) is 1.83. The van der Waals surface area contributed by atoms with Crippen LogP contribution in [0.1, 0.15) is 12.5 Å². The van der Waals surface area contributed by atoms with Crippen LogP contribution in [0.3, 0.4) is 0 Å². The summed E-state index contributed by atoms with van der Waals surface area (Å²) in [6.45, 7) is 2.27. The van der Waals surface area contributed by atoms with Gasteiger partial charge >= 0.3 is 0 Å². The van der Waals surface area contributed by atoms with Gasteiger partial charge in [0.1, 0.15) is 5.75 Å². The minimum absolute atomic E-state index is 0.144. The third-order valence-electron chi connectivity index (χ3n) is 3.01. The molecule has 1 aromatic heterocycles. The number of aromatic nitrogens is 1. The molecule has 5 nitrogen and oxygen atoms in total. The lowest BCUT2D eigenvalue weighted by Crippen LogP contribution is -2.37. The molecule has 3 N–H and O–H groups in total. The van der Waals surface area contributed by atoms with Gasteiger partial charge in [-0.25, -0.2) is 0 Å². The number of nitrogens with zero attached hydrogens (tertiary/aromatic N) is 1. The number of carbonyl (C=O) groups excluding carboxylic acids is 1. The molecule has 5 heteroatoms. The second kappa shape index (κ2) is 7.28. The number of hydrogen-bond acceptors (Lipinski definition) is 4. The molecule has 0 aliphatic rings. The predicted octanol–water partition coefficient (Wildman–Crippen LogP) is 1.79. The lowest BCUT2D eigenvalue weighted by Gasteiger charge is -2.14. The molecule has 0 fully saturated rings. The van der Waals surface area contributed by atoms with Gasteiger partial charge in [0.2, 0.25) is 0 Å². The van der Waals surface area contributed by atoms with E-state index in [1.807, 2.05) is 24.3 Å². The van der Waals surface area contributed by atoms with Crippen LogP contribution in [-0.2, 0) is 11.2 Å². The van der Waals surface area contributed by atoms with Crippen molar-refractivity contribution in [3.8, 4) is 5.75 Å². The Balaban J connectivity index is 1.75. The van der Waals surface area contributed by atoms with E-state index in [-0.39, 0.29) is 5.91 Å². The number of hydrogen-bond donors (Lipinski definition) is 2. The predicted molar refractivity (Wildman–Crippen MR) is 81.9 cm³/mol. The monoisotopic (exact) mass is 285 g/mol. The Morgan fingerprint density at radius 2 is 2.10 bits per heavy atom. The third kappa shape index (κ3) is 4.80. The van der Waals surface area contributed by atoms with E-state index in [1.165, 1.54) is 0 Å². The van der Waals surface area contributed by atoms with Crippen LogP contribution in [0.15, 0.2) is 48.8 Å². The van der Waals surface area contributed by atoms with Gasteiger partial charge in [-0.15, -0.1) is 0 Å². The molecule has 1 heterocycles. The van der Waals surface area contributed by atoms with Crippen LogP contribution >= 0.6 is 0 Å². The van der Waals surface area contributed by atoms with Crippen LogP contribution in [0, 0.1) is 0 Å². The fourth-order valence-electron chi connectivity index (χ4n) is 1.83. The second-order valence-corrected chi connectivity index (χ2v) is 4.73. The number of amides is 1. The maximum absolute atomic E-state index is 11.9. The molecule has 0 saturated heterocycles. The molecule has 0 spiro atoms. The molecule has 1 atom stereocenters. The number of pyridine rings is 1. The van der Waals surface area contributed by atoms with Gasteiger partial charge in [-0.05, 0) is 43.2 Å². The molecule has 21 heavy (non-hydrogen) atoms. The first kappa shape index (κ1) is 14.8. The van der Waals surface area contributed by atoms with Gasteiger partial charge in [0, 0.05) is 18.4 Å². The van der Waals surface area contributed by atoms with Gasteiger partial charge < -0.3 is 15.8 Å². The van der Waals surface area contributed by atoms with Gasteiger partial charge in [0.05, 0.1) is 6.20 Å². The molecule has 0 aliphatic carbocycles. The highest BCUT2D eigenvalue weighted by Crippen LogP contribution is 2.09. The van der Waals surface area contributed by atoms with E-state index < -0.39 is 6.10 Å². The van der Waals surface area contributed by atoms with Gasteiger partial charge in [-0.3, -0.25) is 9.78 Å². The Labute approximate surface area is 124 Å². The third-order valence-corrected chi connectivity index (χ3v) is 3.01. The Kier molecular flexibility index (Phi) is 5.15. The molecule has 0 bridgehead atoms. The Morgan fingerprint density at radius 3 is 2.76 bits per heavy atom. The minimum Gasteiger partial charge on any atom is -0.479 e. The normalized spacial score (nSPS) is 11.7. The van der Waals surface area contributed by atoms with Crippen molar-refractivity contribution in [3.63, 3.8) is 0 Å². The number of nitrogen functional groups attached to an aromatic ring is 1. The summed E-state index contributed by atoms with van der Waals surface area (Å²) < 4.78 is 5.50. The standard InChI is InChI=1S/C16H19N3O2/c1-12(21-15-3-2-9-18-11-15)16(20)19-10-8-13-4-6-14(17)7-5-13/h2-7,9,11-12H,8,10,17H2,1H3,(H,19,20). The average molecular weight is 285 g/mol. The lowest BCUT2D eigenvalue weighted by molar-refractivity contribution is -0.127. The lowest BCUT2D eigenvalue weighted by atomic mass is 10.1. The van der Waals surface area contributed by atoms with Crippen molar-refractivity contribution in [1.29, 1.82) is 0 Å². The zero-order valence-corrected chi connectivity index (χ0v) is 12.0. The van der Waals surface area contributed by atoms with Crippen molar-refractivity contribution < 1.29 is 9.53 Å². The largest absolute Gasteiger partial charge is 0.479 e. The smallest absolute Gasteiger partial charge is 0.260 e. The summed E-state index contributed by atoms with van der Waals surface area (Å²) in [6, 6.07) is 11.1. The summed E-state index contributed by atoms with van der Waals surface area (Å²) in [7, 11) is 0. The van der Waals surface area contributed by atoms with Crippen molar-refractivity contribution in [1.82, 2.24) is 10.3 Å². The van der Waals surface area contributed by atoms with E-state index in [9.17, 15) is 4.79 Å². The molecule has 2 aromatic rings. The van der Waals surface area contributed by atoms with Crippen LogP contribution in [0.2, 0.25) is 0 Å². The molecule has 0 radical (unpaired) electrons. The minimum atomic E-state index is -0.555. The van der Waals surface area contributed by atoms with Gasteiger partial charge in [0.25, 0.3) is 5.91 Å². The molecule has 1 amide bonds. The second-order valence-electron chi connectivity index (χ2n) is 4.73. The Morgan fingerprint density at radius 1 is 1.33 bits per heavy atom. The molecule has 1 unspecified atom stereocenters. The highest BCUT2D eigenvalue weighted by molar-refractivity contribution is 5.80. The fraction of sp³-hybridized carbons (Fsp3) is 0.250. The quantitative estimate of drug-likeness (QED) is 0.793. The van der Waals surface area contributed by atoms with Crippen molar-refractivity contribution in [3.05, 3.63) is 54.4 Å². The molecular formula is C16H19N3O2. The van der Waals surface area contributed by atoms with Crippen LogP contribution in [0.25, 0.3) is 0 Å². The average Bonchev–Trinajstić information content (AvgIpc) is 2.50. The van der Waals surface area contributed by atoms with Crippen LogP contribution in [0.5, 0.6) is 5.75 Å². The number of rotatable bonds is 6. The van der Waals surface area contributed by atoms with Gasteiger partial charge in [0.15, 0.2) is 6.10 Å². The molecule has 0 aliphatic heterocycles. The first-order chi connectivity index (χ1) is 10.1. The number of ether oxygens (including phenoxy) is 1. The molecule has 1 aromatic carbocycles. The Bertz CT molecular complexity index is 570. The van der Waals surface area contributed by atoms with E-state index in [0.717, 1.165) is 17.7 Å². The summed E-state index contributed by atoms with van der Waals surface area (Å²) in [5.41, 5.74) is 7.49. The van der Waals surface area contributed by atoms with Crippen LogP contribution in [0.4, 0.5) is 5.69 Å². The van der Waals surface area contributed by atoms with Crippen molar-refractivity contribution in [2.45, 2.75) is 19.4 Å². The van der Waals surface area contributed by atoms with Gasteiger partial charge in [-0.2, -0.15) is 0 Å². The van der Waals surface area contributed by atoms with E-state index >= 15 is 0 Å². The molecule has 110 valence electrons. The highest BCUT2D eigenvalue weighted by Gasteiger charge is 2.13. The number of carbonyl (C=O) groups is 1. The maximum Gasteiger partial charge on any atom is 0.260 e. The van der Waals surface area contributed by atoms with Crippen LogP contribution < -0.4 is 15.8 Å². The summed E-state index contributed by atoms with van der Waals surface area (Å²) in [4.78, 5) is 15.9. The SMILES string of the molecule is CC(Oc1cccnc1)C(=O)NCCc1ccc(N)cc1. The Hall–Kier alpha value is -2.56. The topological polar surface area (TPSA) is 77.2 Å². The number of benzene rings is 1. The molecular weight excluding hydrogens is 266 g/mol. The zero-order chi connectivity index (χ0) is 15.1. The highest BCUT2D eigenvalue weighted by atomic mass is 16.5.